The molecule has 1 aliphatic heterocycles. The van der Waals surface area contributed by atoms with Crippen molar-refractivity contribution in [3.05, 3.63) is 21.3 Å². The molecule has 1 aliphatic rings. The predicted octanol–water partition coefficient (Wildman–Crippen LogP) is 2.43. The van der Waals surface area contributed by atoms with Crippen LogP contribution in [0.3, 0.4) is 0 Å². The summed E-state index contributed by atoms with van der Waals surface area (Å²) >= 11 is 3.54. The zero-order valence-electron chi connectivity index (χ0n) is 7.24. The summed E-state index contributed by atoms with van der Waals surface area (Å²) in [7, 11) is 0. The summed E-state index contributed by atoms with van der Waals surface area (Å²) in [6, 6.07) is 0. The Hall–Kier alpha value is -0.570. The number of rotatable bonds is 0. The molecule has 0 radical (unpaired) electrons. The molecule has 0 saturated carbocycles. The third-order valence-corrected chi connectivity index (χ3v) is 3.50. The molecule has 3 heteroatoms. The molecule has 1 N–H and O–H groups in total. The first-order valence-corrected chi connectivity index (χ1v) is 4.89. The van der Waals surface area contributed by atoms with Crippen molar-refractivity contribution >= 4 is 21.7 Å². The molecule has 0 aromatic carbocycles. The topological polar surface area (TPSA) is 24.9 Å². The molecule has 1 aromatic rings. The molecule has 0 saturated heterocycles. The lowest BCUT2D eigenvalue weighted by atomic mass is 10.1. The second kappa shape index (κ2) is 2.73. The van der Waals surface area contributed by atoms with Crippen LogP contribution in [0.1, 0.15) is 16.8 Å². The van der Waals surface area contributed by atoms with Crippen molar-refractivity contribution in [3.8, 4) is 0 Å². The van der Waals surface area contributed by atoms with Crippen molar-refractivity contribution in [2.24, 2.45) is 0 Å². The number of aryl methyl sites for hydroxylation is 1. The number of hydrogen-bond donors (Lipinski definition) is 1. The molecule has 2 heterocycles. The van der Waals surface area contributed by atoms with E-state index in [0.717, 1.165) is 29.0 Å². The lowest BCUT2D eigenvalue weighted by Gasteiger charge is -2.07. The minimum Gasteiger partial charge on any atom is -0.369 e. The zero-order chi connectivity index (χ0) is 8.72. The van der Waals surface area contributed by atoms with Crippen LogP contribution in [0.5, 0.6) is 0 Å². The van der Waals surface area contributed by atoms with Gasteiger partial charge in [0.05, 0.1) is 5.69 Å². The van der Waals surface area contributed by atoms with Crippen molar-refractivity contribution in [2.75, 3.05) is 11.9 Å². The van der Waals surface area contributed by atoms with Crippen molar-refractivity contribution in [2.45, 2.75) is 20.3 Å². The molecule has 2 nitrogen and oxygen atoms in total. The van der Waals surface area contributed by atoms with Crippen LogP contribution < -0.4 is 5.32 Å². The Morgan fingerprint density at radius 3 is 2.92 bits per heavy atom. The van der Waals surface area contributed by atoms with E-state index in [9.17, 15) is 0 Å². The zero-order valence-corrected chi connectivity index (χ0v) is 8.83. The van der Waals surface area contributed by atoms with Crippen molar-refractivity contribution in [3.63, 3.8) is 0 Å². The number of anilines is 1. The van der Waals surface area contributed by atoms with E-state index in [0.29, 0.717) is 0 Å². The third kappa shape index (κ3) is 1.04. The van der Waals surface area contributed by atoms with E-state index in [1.807, 2.05) is 6.92 Å². The number of aromatic nitrogens is 1. The van der Waals surface area contributed by atoms with Gasteiger partial charge in [-0.2, -0.15) is 0 Å². The van der Waals surface area contributed by atoms with Gasteiger partial charge in [-0.15, -0.1) is 0 Å². The molecular formula is C9H11BrN2. The summed E-state index contributed by atoms with van der Waals surface area (Å²) < 4.78 is 1.16. The first-order chi connectivity index (χ1) is 5.70. The average molecular weight is 227 g/mol. The highest BCUT2D eigenvalue weighted by molar-refractivity contribution is 9.10. The average Bonchev–Trinajstić information content (AvgIpc) is 2.48. The summed E-state index contributed by atoms with van der Waals surface area (Å²) in [5.41, 5.74) is 3.77. The van der Waals surface area contributed by atoms with E-state index in [2.05, 4.69) is 33.2 Å². The van der Waals surface area contributed by atoms with E-state index < -0.39 is 0 Å². The summed E-state index contributed by atoms with van der Waals surface area (Å²) in [5, 5.41) is 3.28. The Morgan fingerprint density at radius 2 is 2.17 bits per heavy atom. The van der Waals surface area contributed by atoms with E-state index >= 15 is 0 Å². The highest BCUT2D eigenvalue weighted by Crippen LogP contribution is 2.30. The molecule has 0 bridgehead atoms. The fraction of sp³-hybridized carbons (Fsp3) is 0.444. The summed E-state index contributed by atoms with van der Waals surface area (Å²) in [4.78, 5) is 4.46. The minimum absolute atomic E-state index is 1.03. The van der Waals surface area contributed by atoms with Crippen LogP contribution in [-0.2, 0) is 6.42 Å². The minimum atomic E-state index is 1.03. The molecule has 2 rings (SSSR count). The van der Waals surface area contributed by atoms with Crippen LogP contribution in [0.4, 0.5) is 5.82 Å². The molecule has 0 unspecified atom stereocenters. The third-order valence-electron chi connectivity index (χ3n) is 2.33. The van der Waals surface area contributed by atoms with Gasteiger partial charge >= 0.3 is 0 Å². The van der Waals surface area contributed by atoms with Gasteiger partial charge in [0.2, 0.25) is 0 Å². The molecule has 1 aromatic heterocycles. The molecule has 0 atom stereocenters. The maximum absolute atomic E-state index is 4.46. The molecule has 0 amide bonds. The van der Waals surface area contributed by atoms with Crippen molar-refractivity contribution < 1.29 is 0 Å². The largest absolute Gasteiger partial charge is 0.369 e. The van der Waals surface area contributed by atoms with Crippen LogP contribution in [0.25, 0.3) is 0 Å². The van der Waals surface area contributed by atoms with Crippen LogP contribution in [0.15, 0.2) is 4.47 Å². The number of nitrogens with one attached hydrogen (secondary N) is 1. The van der Waals surface area contributed by atoms with Crippen molar-refractivity contribution in [1.82, 2.24) is 4.98 Å². The quantitative estimate of drug-likeness (QED) is 0.736. The van der Waals surface area contributed by atoms with Crippen LogP contribution in [0, 0.1) is 13.8 Å². The number of pyridine rings is 1. The van der Waals surface area contributed by atoms with Crippen LogP contribution >= 0.6 is 15.9 Å². The molecule has 12 heavy (non-hydrogen) atoms. The van der Waals surface area contributed by atoms with Gasteiger partial charge < -0.3 is 5.32 Å². The van der Waals surface area contributed by atoms with Crippen LogP contribution in [-0.4, -0.2) is 11.5 Å². The van der Waals surface area contributed by atoms with E-state index in [1.165, 1.54) is 11.1 Å². The van der Waals surface area contributed by atoms with Gasteiger partial charge in [-0.3, -0.25) is 0 Å². The van der Waals surface area contributed by atoms with E-state index in [1.54, 1.807) is 0 Å². The Morgan fingerprint density at radius 1 is 1.42 bits per heavy atom. The highest BCUT2D eigenvalue weighted by Gasteiger charge is 2.16. The monoisotopic (exact) mass is 226 g/mol. The summed E-state index contributed by atoms with van der Waals surface area (Å²) in [5.74, 6) is 1.08. The van der Waals surface area contributed by atoms with Gasteiger partial charge in [0.15, 0.2) is 0 Å². The highest BCUT2D eigenvalue weighted by atomic mass is 79.9. The lowest BCUT2D eigenvalue weighted by Crippen LogP contribution is -1.96. The van der Waals surface area contributed by atoms with E-state index in [4.69, 9.17) is 0 Å². The number of halogens is 1. The molecule has 0 aliphatic carbocycles. The SMILES string of the molecule is Cc1nc2c(c(C)c1Br)CCN2. The standard InChI is InChI=1S/C9H11BrN2/c1-5-7-3-4-11-9(7)12-6(2)8(5)10/h3-4H2,1-2H3,(H,11,12). The predicted molar refractivity (Wildman–Crippen MR) is 53.6 cm³/mol. The molecule has 0 fully saturated rings. The summed E-state index contributed by atoms with van der Waals surface area (Å²) in [6.07, 6.45) is 1.10. The van der Waals surface area contributed by atoms with Crippen molar-refractivity contribution in [1.29, 1.82) is 0 Å². The Labute approximate surface area is 80.5 Å². The van der Waals surface area contributed by atoms with Gasteiger partial charge in [-0.25, -0.2) is 4.98 Å². The van der Waals surface area contributed by atoms with Gasteiger partial charge in [0, 0.05) is 16.6 Å². The Kier molecular flexibility index (Phi) is 1.83. The second-order valence-corrected chi connectivity index (χ2v) is 3.93. The number of hydrogen-bond acceptors (Lipinski definition) is 2. The fourth-order valence-corrected chi connectivity index (χ4v) is 1.95. The molecular weight excluding hydrogens is 216 g/mol. The normalized spacial score (nSPS) is 14.2. The first kappa shape index (κ1) is 8.05. The van der Waals surface area contributed by atoms with Crippen LogP contribution in [0.2, 0.25) is 0 Å². The smallest absolute Gasteiger partial charge is 0.129 e. The van der Waals surface area contributed by atoms with Gasteiger partial charge in [0.25, 0.3) is 0 Å². The number of nitrogens with zero attached hydrogens (tertiary/aromatic N) is 1. The van der Waals surface area contributed by atoms with Gasteiger partial charge in [0.1, 0.15) is 5.82 Å². The molecule has 64 valence electrons. The number of fused-ring (bicyclic) bond motifs is 1. The Balaban J connectivity index is 2.67. The first-order valence-electron chi connectivity index (χ1n) is 4.09. The van der Waals surface area contributed by atoms with E-state index in [-0.39, 0.29) is 0 Å². The van der Waals surface area contributed by atoms with Gasteiger partial charge in [-0.05, 0) is 41.8 Å². The molecule has 0 spiro atoms. The lowest BCUT2D eigenvalue weighted by molar-refractivity contribution is 1.08. The van der Waals surface area contributed by atoms with Gasteiger partial charge in [-0.1, -0.05) is 0 Å². The Bertz CT molecular complexity index is 334. The fourth-order valence-electron chi connectivity index (χ4n) is 1.62. The maximum Gasteiger partial charge on any atom is 0.129 e. The second-order valence-electron chi connectivity index (χ2n) is 3.14. The maximum atomic E-state index is 4.46. The summed E-state index contributed by atoms with van der Waals surface area (Å²) in [6.45, 7) is 5.20.